The van der Waals surface area contributed by atoms with Gasteiger partial charge in [0.1, 0.15) is 0 Å². The Kier molecular flexibility index (Phi) is 4.95. The van der Waals surface area contributed by atoms with E-state index < -0.39 is 12.7 Å². The van der Waals surface area contributed by atoms with Crippen molar-refractivity contribution < 1.29 is 13.2 Å². The molecule has 0 radical (unpaired) electrons. The minimum atomic E-state index is -4.17. The number of alkyl halides is 3. The molecule has 0 saturated carbocycles. The zero-order valence-corrected chi connectivity index (χ0v) is 9.96. The van der Waals surface area contributed by atoms with E-state index in [-0.39, 0.29) is 6.54 Å². The smallest absolute Gasteiger partial charge is 0.337 e. The van der Waals surface area contributed by atoms with Crippen molar-refractivity contribution in [2.24, 2.45) is 7.05 Å². The summed E-state index contributed by atoms with van der Waals surface area (Å²) in [6, 6.07) is 0. The summed E-state index contributed by atoms with van der Waals surface area (Å²) in [7, 11) is 3.49. The molecule has 0 aliphatic heterocycles. The Labute approximate surface area is 98.4 Å². The van der Waals surface area contributed by atoms with Crippen LogP contribution in [-0.4, -0.2) is 47.3 Å². The van der Waals surface area contributed by atoms with Gasteiger partial charge in [0.25, 0.3) is 0 Å². The number of likely N-dealkylation sites (N-methyl/N-ethyl adjacent to an activating group) is 1. The summed E-state index contributed by atoms with van der Waals surface area (Å²) in [6.07, 6.45) is -1.01. The molecule has 0 aromatic carbocycles. The van der Waals surface area contributed by atoms with E-state index in [0.717, 1.165) is 5.69 Å². The van der Waals surface area contributed by atoms with Crippen molar-refractivity contribution in [2.45, 2.75) is 12.7 Å². The van der Waals surface area contributed by atoms with Crippen molar-refractivity contribution >= 4 is 0 Å². The quantitative estimate of drug-likeness (QED) is 0.817. The first-order valence-corrected chi connectivity index (χ1v) is 5.31. The largest absolute Gasteiger partial charge is 0.401 e. The number of imidazole rings is 1. The Morgan fingerprint density at radius 1 is 1.47 bits per heavy atom. The van der Waals surface area contributed by atoms with Crippen molar-refractivity contribution in [3.63, 3.8) is 0 Å². The van der Waals surface area contributed by atoms with Crippen molar-refractivity contribution in [1.82, 2.24) is 19.8 Å². The van der Waals surface area contributed by atoms with Gasteiger partial charge in [-0.3, -0.25) is 4.90 Å². The minimum absolute atomic E-state index is 0.248. The molecule has 0 unspecified atom stereocenters. The lowest BCUT2D eigenvalue weighted by Crippen LogP contribution is -2.38. The molecule has 1 rings (SSSR count). The summed E-state index contributed by atoms with van der Waals surface area (Å²) in [4.78, 5) is 5.25. The number of aromatic nitrogens is 2. The Balaban J connectivity index is 2.60. The van der Waals surface area contributed by atoms with Crippen LogP contribution in [0.3, 0.4) is 0 Å². The summed E-state index contributed by atoms with van der Waals surface area (Å²) in [5, 5.41) is 2.85. The predicted molar refractivity (Wildman–Crippen MR) is 58.5 cm³/mol. The van der Waals surface area contributed by atoms with Crippen molar-refractivity contribution in [1.29, 1.82) is 0 Å². The SMILES string of the molecule is CNCCN(Cc1cncn1C)CC(F)(F)F. The zero-order valence-electron chi connectivity index (χ0n) is 9.96. The van der Waals surface area contributed by atoms with Gasteiger partial charge in [0.2, 0.25) is 0 Å². The molecule has 0 atom stereocenters. The molecule has 0 saturated heterocycles. The van der Waals surface area contributed by atoms with Gasteiger partial charge in [-0.05, 0) is 7.05 Å². The average Bonchev–Trinajstić information content (AvgIpc) is 2.59. The maximum absolute atomic E-state index is 12.4. The van der Waals surface area contributed by atoms with Crippen LogP contribution in [0.15, 0.2) is 12.5 Å². The standard InChI is InChI=1S/C10H17F3N4/c1-14-3-4-17(7-10(11,12)13)6-9-5-15-8-16(9)2/h5,8,14H,3-4,6-7H2,1-2H3. The van der Waals surface area contributed by atoms with Gasteiger partial charge in [-0.15, -0.1) is 0 Å². The normalized spacial score (nSPS) is 12.4. The minimum Gasteiger partial charge on any atom is -0.337 e. The lowest BCUT2D eigenvalue weighted by molar-refractivity contribution is -0.147. The first-order chi connectivity index (χ1) is 7.92. The first kappa shape index (κ1) is 14.0. The molecule has 0 spiro atoms. The Morgan fingerprint density at radius 2 is 2.18 bits per heavy atom. The summed E-state index contributed by atoms with van der Waals surface area (Å²) in [6.45, 7) is 0.215. The monoisotopic (exact) mass is 250 g/mol. The third-order valence-corrected chi connectivity index (χ3v) is 2.38. The number of aryl methyl sites for hydroxylation is 1. The molecule has 1 heterocycles. The van der Waals surface area contributed by atoms with Gasteiger partial charge in [0, 0.05) is 32.9 Å². The predicted octanol–water partition coefficient (Wildman–Crippen LogP) is 1.00. The van der Waals surface area contributed by atoms with Gasteiger partial charge in [-0.25, -0.2) is 4.98 Å². The lowest BCUT2D eigenvalue weighted by Gasteiger charge is -2.23. The summed E-state index contributed by atoms with van der Waals surface area (Å²) >= 11 is 0. The second-order valence-corrected chi connectivity index (χ2v) is 3.93. The first-order valence-electron chi connectivity index (χ1n) is 5.31. The van der Waals surface area contributed by atoms with E-state index in [9.17, 15) is 13.2 Å². The molecule has 0 amide bonds. The van der Waals surface area contributed by atoms with Crippen LogP contribution in [0.5, 0.6) is 0 Å². The maximum atomic E-state index is 12.4. The molecule has 4 nitrogen and oxygen atoms in total. The Hall–Kier alpha value is -1.08. The zero-order chi connectivity index (χ0) is 12.9. The number of hydrogen-bond donors (Lipinski definition) is 1. The summed E-state index contributed by atoms with van der Waals surface area (Å²) < 4.78 is 38.9. The average molecular weight is 250 g/mol. The Bertz CT molecular complexity index is 335. The maximum Gasteiger partial charge on any atom is 0.401 e. The van der Waals surface area contributed by atoms with E-state index in [2.05, 4.69) is 10.3 Å². The highest BCUT2D eigenvalue weighted by Gasteiger charge is 2.30. The van der Waals surface area contributed by atoms with Crippen LogP contribution in [0.2, 0.25) is 0 Å². The number of hydrogen-bond acceptors (Lipinski definition) is 3. The van der Waals surface area contributed by atoms with Crippen molar-refractivity contribution in [3.05, 3.63) is 18.2 Å². The van der Waals surface area contributed by atoms with Gasteiger partial charge in [-0.2, -0.15) is 13.2 Å². The van der Waals surface area contributed by atoms with Crippen LogP contribution in [-0.2, 0) is 13.6 Å². The van der Waals surface area contributed by atoms with E-state index in [0.29, 0.717) is 13.1 Å². The second-order valence-electron chi connectivity index (χ2n) is 3.93. The van der Waals surface area contributed by atoms with E-state index in [1.165, 1.54) is 4.90 Å². The van der Waals surface area contributed by atoms with Gasteiger partial charge in [0.15, 0.2) is 0 Å². The molecular formula is C10H17F3N4. The number of nitrogens with one attached hydrogen (secondary N) is 1. The van der Waals surface area contributed by atoms with Crippen molar-refractivity contribution in [2.75, 3.05) is 26.7 Å². The molecule has 17 heavy (non-hydrogen) atoms. The number of halogens is 3. The summed E-state index contributed by atoms with van der Waals surface area (Å²) in [5.41, 5.74) is 0.769. The molecule has 1 aromatic heterocycles. The third-order valence-electron chi connectivity index (χ3n) is 2.38. The van der Waals surface area contributed by atoms with Gasteiger partial charge in [0.05, 0.1) is 18.6 Å². The fraction of sp³-hybridized carbons (Fsp3) is 0.700. The van der Waals surface area contributed by atoms with Crippen LogP contribution in [0, 0.1) is 0 Å². The van der Waals surface area contributed by atoms with Crippen LogP contribution >= 0.6 is 0 Å². The van der Waals surface area contributed by atoms with Crippen LogP contribution < -0.4 is 5.32 Å². The fourth-order valence-electron chi connectivity index (χ4n) is 1.50. The van der Waals surface area contributed by atoms with Crippen LogP contribution in [0.1, 0.15) is 5.69 Å². The lowest BCUT2D eigenvalue weighted by atomic mass is 10.3. The van der Waals surface area contributed by atoms with E-state index in [4.69, 9.17) is 0 Å². The highest BCUT2D eigenvalue weighted by Crippen LogP contribution is 2.17. The molecule has 0 fully saturated rings. The van der Waals surface area contributed by atoms with Gasteiger partial charge >= 0.3 is 6.18 Å². The molecule has 98 valence electrons. The Morgan fingerprint density at radius 3 is 2.65 bits per heavy atom. The highest BCUT2D eigenvalue weighted by atomic mass is 19.4. The van der Waals surface area contributed by atoms with E-state index in [1.807, 2.05) is 0 Å². The number of rotatable bonds is 6. The van der Waals surface area contributed by atoms with Crippen molar-refractivity contribution in [3.8, 4) is 0 Å². The van der Waals surface area contributed by atoms with Crippen LogP contribution in [0.25, 0.3) is 0 Å². The van der Waals surface area contributed by atoms with Crippen LogP contribution in [0.4, 0.5) is 13.2 Å². The molecule has 7 heteroatoms. The topological polar surface area (TPSA) is 33.1 Å². The van der Waals surface area contributed by atoms with Gasteiger partial charge < -0.3 is 9.88 Å². The van der Waals surface area contributed by atoms with E-state index in [1.54, 1.807) is 31.2 Å². The fourth-order valence-corrected chi connectivity index (χ4v) is 1.50. The highest BCUT2D eigenvalue weighted by molar-refractivity contribution is 4.97. The molecule has 0 aliphatic rings. The molecule has 0 aliphatic carbocycles. The molecule has 1 N–H and O–H groups in total. The molecule has 1 aromatic rings. The summed E-state index contributed by atoms with van der Waals surface area (Å²) in [5.74, 6) is 0. The molecular weight excluding hydrogens is 233 g/mol. The van der Waals surface area contributed by atoms with E-state index >= 15 is 0 Å². The van der Waals surface area contributed by atoms with Gasteiger partial charge in [-0.1, -0.05) is 0 Å². The number of nitrogens with zero attached hydrogens (tertiary/aromatic N) is 3. The molecule has 0 bridgehead atoms. The second kappa shape index (κ2) is 6.02. The third kappa shape index (κ3) is 5.18.